The predicted octanol–water partition coefficient (Wildman–Crippen LogP) is -0.434. The van der Waals surface area contributed by atoms with Crippen molar-refractivity contribution in [1.29, 1.82) is 0 Å². The van der Waals surface area contributed by atoms with Crippen LogP contribution in [0.4, 0.5) is 5.82 Å². The molecule has 152 valence electrons. The summed E-state index contributed by atoms with van der Waals surface area (Å²) in [4.78, 5) is 12.8. The second kappa shape index (κ2) is 6.92. The molecule has 1 saturated heterocycles. The first kappa shape index (κ1) is 18.3. The van der Waals surface area contributed by atoms with Crippen molar-refractivity contribution in [2.45, 2.75) is 43.5 Å². The summed E-state index contributed by atoms with van der Waals surface area (Å²) < 4.78 is 13.0. The van der Waals surface area contributed by atoms with E-state index in [1.165, 1.54) is 22.0 Å². The molecule has 0 bridgehead atoms. The van der Waals surface area contributed by atoms with E-state index in [-0.39, 0.29) is 17.9 Å². The summed E-state index contributed by atoms with van der Waals surface area (Å²) in [5.41, 5.74) is 9.18. The van der Waals surface area contributed by atoms with E-state index >= 15 is 0 Å². The Labute approximate surface area is 165 Å². The van der Waals surface area contributed by atoms with Crippen LogP contribution < -0.4 is 10.5 Å². The minimum atomic E-state index is -1.26. The third-order valence-corrected chi connectivity index (χ3v) is 5.50. The van der Waals surface area contributed by atoms with Crippen LogP contribution in [-0.2, 0) is 17.6 Å². The summed E-state index contributed by atoms with van der Waals surface area (Å²) in [7, 11) is 0. The zero-order valence-electron chi connectivity index (χ0n) is 15.4. The molecule has 10 nitrogen and oxygen atoms in total. The molecule has 2 aromatic heterocycles. The molecule has 4 atom stereocenters. The fourth-order valence-electron chi connectivity index (χ4n) is 4.02. The minimum Gasteiger partial charge on any atom is -0.459 e. The molecule has 1 fully saturated rings. The van der Waals surface area contributed by atoms with Gasteiger partial charge >= 0.3 is 6.01 Å². The maximum atomic E-state index is 10.3. The molecule has 1 aromatic carbocycles. The van der Waals surface area contributed by atoms with E-state index in [2.05, 4.69) is 27.1 Å². The van der Waals surface area contributed by atoms with E-state index in [1.54, 1.807) is 0 Å². The topological polar surface area (TPSA) is 149 Å². The second-order valence-electron chi connectivity index (χ2n) is 7.36. The highest BCUT2D eigenvalue weighted by Gasteiger charge is 2.44. The third-order valence-electron chi connectivity index (χ3n) is 5.50. The van der Waals surface area contributed by atoms with Crippen LogP contribution in [0.5, 0.6) is 6.01 Å². The number of hydrogen-bond acceptors (Lipinski definition) is 9. The van der Waals surface area contributed by atoms with Gasteiger partial charge in [0.25, 0.3) is 0 Å². The zero-order chi connectivity index (χ0) is 20.1. The van der Waals surface area contributed by atoms with Gasteiger partial charge in [0.1, 0.15) is 24.4 Å². The molecule has 10 heteroatoms. The van der Waals surface area contributed by atoms with Crippen molar-refractivity contribution in [3.63, 3.8) is 0 Å². The molecule has 0 spiro atoms. The van der Waals surface area contributed by atoms with Crippen LogP contribution in [0.1, 0.15) is 17.4 Å². The Bertz CT molecular complexity index is 1030. The Balaban J connectivity index is 1.44. The molecule has 0 unspecified atom stereocenters. The van der Waals surface area contributed by atoms with E-state index in [9.17, 15) is 15.3 Å². The quantitative estimate of drug-likeness (QED) is 0.458. The predicted molar refractivity (Wildman–Crippen MR) is 101 cm³/mol. The summed E-state index contributed by atoms with van der Waals surface area (Å²) in [6, 6.07) is 8.27. The van der Waals surface area contributed by atoms with Crippen molar-refractivity contribution in [2.24, 2.45) is 0 Å². The number of nitrogen functional groups attached to an aromatic ring is 1. The summed E-state index contributed by atoms with van der Waals surface area (Å²) >= 11 is 0. The highest BCUT2D eigenvalue weighted by molar-refractivity contribution is 5.82. The molecule has 0 radical (unpaired) electrons. The molecule has 3 heterocycles. The Morgan fingerprint density at radius 1 is 1.14 bits per heavy atom. The lowest BCUT2D eigenvalue weighted by atomic mass is 10.1. The lowest BCUT2D eigenvalue weighted by Crippen LogP contribution is -2.33. The summed E-state index contributed by atoms with van der Waals surface area (Å²) in [6.45, 7) is -0.422. The number of aliphatic hydroxyl groups is 3. The van der Waals surface area contributed by atoms with Gasteiger partial charge in [-0.05, 0) is 11.1 Å². The number of imidazole rings is 1. The van der Waals surface area contributed by atoms with Crippen molar-refractivity contribution in [3.8, 4) is 6.01 Å². The van der Waals surface area contributed by atoms with Gasteiger partial charge < -0.3 is 30.5 Å². The Morgan fingerprint density at radius 2 is 1.86 bits per heavy atom. The number of fused-ring (bicyclic) bond motifs is 2. The number of nitrogens with zero attached hydrogens (tertiary/aromatic N) is 4. The number of nitrogens with two attached hydrogens (primary N) is 1. The van der Waals surface area contributed by atoms with Crippen molar-refractivity contribution >= 4 is 17.0 Å². The normalized spacial score (nSPS) is 26.9. The lowest BCUT2D eigenvalue weighted by Gasteiger charge is -2.17. The number of rotatable bonds is 4. The second-order valence-corrected chi connectivity index (χ2v) is 7.36. The van der Waals surface area contributed by atoms with Gasteiger partial charge in [0.15, 0.2) is 23.2 Å². The van der Waals surface area contributed by atoms with Gasteiger partial charge in [-0.1, -0.05) is 24.3 Å². The Morgan fingerprint density at radius 3 is 2.52 bits per heavy atom. The zero-order valence-corrected chi connectivity index (χ0v) is 15.4. The van der Waals surface area contributed by atoms with Crippen molar-refractivity contribution in [1.82, 2.24) is 19.5 Å². The summed E-state index contributed by atoms with van der Waals surface area (Å²) in [6.07, 6.45) is -1.54. The third kappa shape index (κ3) is 3.01. The van der Waals surface area contributed by atoms with E-state index in [4.69, 9.17) is 15.2 Å². The van der Waals surface area contributed by atoms with Gasteiger partial charge in [-0.3, -0.25) is 4.57 Å². The lowest BCUT2D eigenvalue weighted by molar-refractivity contribution is -0.0511. The molecule has 29 heavy (non-hydrogen) atoms. The molecule has 5 rings (SSSR count). The molecule has 3 aromatic rings. The van der Waals surface area contributed by atoms with Gasteiger partial charge in [0.2, 0.25) is 0 Å². The van der Waals surface area contributed by atoms with Gasteiger partial charge in [0.05, 0.1) is 12.9 Å². The molecule has 1 aliphatic heterocycles. The summed E-state index contributed by atoms with van der Waals surface area (Å²) in [5.74, 6) is 0.144. The van der Waals surface area contributed by atoms with Gasteiger partial charge in [0, 0.05) is 12.8 Å². The van der Waals surface area contributed by atoms with Gasteiger partial charge in [-0.25, -0.2) is 4.98 Å². The van der Waals surface area contributed by atoms with Crippen LogP contribution in [0.3, 0.4) is 0 Å². The number of aromatic nitrogens is 4. The van der Waals surface area contributed by atoms with E-state index in [0.29, 0.717) is 11.2 Å². The number of aliphatic hydroxyl groups excluding tert-OH is 3. The van der Waals surface area contributed by atoms with Crippen LogP contribution in [0.25, 0.3) is 11.2 Å². The van der Waals surface area contributed by atoms with Crippen molar-refractivity contribution in [2.75, 3.05) is 12.3 Å². The van der Waals surface area contributed by atoms with E-state index in [1.807, 2.05) is 12.1 Å². The first-order chi connectivity index (χ1) is 14.0. The minimum absolute atomic E-state index is 0.102. The van der Waals surface area contributed by atoms with E-state index in [0.717, 1.165) is 12.8 Å². The standard InChI is InChI=1S/C19H21N5O5/c20-16-13-17(24(8-21-13)18-15(27)14(26)12(7-25)29-18)23-19(22-16)28-11-5-9-3-1-2-4-10(9)6-11/h1-4,8,11-12,14-15,18,25-27H,5-7H2,(H2,20,22,23)/t12-,14-,15-,18-/m1/s1. The molecule has 5 N–H and O–H groups in total. The average molecular weight is 399 g/mol. The van der Waals surface area contributed by atoms with Gasteiger partial charge in [-0.2, -0.15) is 9.97 Å². The largest absolute Gasteiger partial charge is 0.459 e. The van der Waals surface area contributed by atoms with Crippen LogP contribution in [-0.4, -0.2) is 65.9 Å². The molecular formula is C19H21N5O5. The highest BCUT2D eigenvalue weighted by Crippen LogP contribution is 2.33. The molecule has 1 aliphatic carbocycles. The van der Waals surface area contributed by atoms with Crippen LogP contribution in [0.15, 0.2) is 30.6 Å². The first-order valence-corrected chi connectivity index (χ1v) is 9.41. The fraction of sp³-hybridized carbons (Fsp3) is 0.421. The Hall–Kier alpha value is -2.79. The number of hydrogen-bond donors (Lipinski definition) is 4. The molecular weight excluding hydrogens is 378 g/mol. The maximum Gasteiger partial charge on any atom is 0.320 e. The van der Waals surface area contributed by atoms with Crippen molar-refractivity contribution < 1.29 is 24.8 Å². The highest BCUT2D eigenvalue weighted by atomic mass is 16.6. The van der Waals surface area contributed by atoms with Gasteiger partial charge in [-0.15, -0.1) is 0 Å². The SMILES string of the molecule is Nc1nc(OC2Cc3ccccc3C2)nc2c1ncn2[C@@H]1O[C@H](CO)[C@@H](O)[C@H]1O. The molecule has 2 aliphatic rings. The smallest absolute Gasteiger partial charge is 0.320 e. The fourth-order valence-corrected chi connectivity index (χ4v) is 4.02. The first-order valence-electron chi connectivity index (χ1n) is 9.41. The maximum absolute atomic E-state index is 10.3. The molecule has 0 amide bonds. The average Bonchev–Trinajstić information content (AvgIpc) is 3.38. The Kier molecular flexibility index (Phi) is 4.36. The van der Waals surface area contributed by atoms with Crippen molar-refractivity contribution in [3.05, 3.63) is 41.7 Å². The molecule has 0 saturated carbocycles. The number of ether oxygens (including phenoxy) is 2. The van der Waals surface area contributed by atoms with Crippen LogP contribution in [0.2, 0.25) is 0 Å². The van der Waals surface area contributed by atoms with E-state index < -0.39 is 31.1 Å². The monoisotopic (exact) mass is 399 g/mol. The number of benzene rings is 1. The van der Waals surface area contributed by atoms with Crippen LogP contribution >= 0.6 is 0 Å². The summed E-state index contributed by atoms with van der Waals surface area (Å²) in [5, 5.41) is 29.7. The van der Waals surface area contributed by atoms with Crippen LogP contribution in [0, 0.1) is 0 Å². The number of anilines is 1.